The number of anilines is 2. The number of hydrazone groups is 1. The number of hydrogen-bond acceptors (Lipinski definition) is 4. The van der Waals surface area contributed by atoms with Crippen molar-refractivity contribution in [2.45, 2.75) is 25.9 Å². The molecule has 5 nitrogen and oxygen atoms in total. The first kappa shape index (κ1) is 20.2. The van der Waals surface area contributed by atoms with E-state index in [2.05, 4.69) is 64.4 Å². The molecular formula is C28H28N4O. The van der Waals surface area contributed by atoms with Gasteiger partial charge in [0.15, 0.2) is 0 Å². The van der Waals surface area contributed by atoms with E-state index in [0.29, 0.717) is 6.42 Å². The number of fused-ring (bicyclic) bond motifs is 4. The predicted molar refractivity (Wildman–Crippen MR) is 132 cm³/mol. The molecule has 3 heterocycles. The van der Waals surface area contributed by atoms with Crippen molar-refractivity contribution in [2.24, 2.45) is 10.5 Å². The Labute approximate surface area is 194 Å². The summed E-state index contributed by atoms with van der Waals surface area (Å²) in [4.78, 5) is 19.2. The molecule has 0 aromatic heterocycles. The summed E-state index contributed by atoms with van der Waals surface area (Å²) in [5.74, 6) is 0.0947. The first-order chi connectivity index (χ1) is 16.2. The van der Waals surface area contributed by atoms with E-state index in [-0.39, 0.29) is 11.9 Å². The zero-order valence-corrected chi connectivity index (χ0v) is 18.9. The normalized spacial score (nSPS) is 24.6. The van der Waals surface area contributed by atoms with Crippen LogP contribution in [-0.4, -0.2) is 42.2 Å². The third kappa shape index (κ3) is 3.18. The van der Waals surface area contributed by atoms with Crippen LogP contribution in [0.2, 0.25) is 0 Å². The van der Waals surface area contributed by atoms with Crippen LogP contribution in [-0.2, 0) is 17.8 Å². The first-order valence-electron chi connectivity index (χ1n) is 11.7. The molecule has 0 aliphatic carbocycles. The second-order valence-corrected chi connectivity index (χ2v) is 9.34. The van der Waals surface area contributed by atoms with E-state index in [9.17, 15) is 4.79 Å². The molecule has 1 amide bonds. The molecule has 33 heavy (non-hydrogen) atoms. The van der Waals surface area contributed by atoms with Crippen molar-refractivity contribution in [3.63, 3.8) is 0 Å². The molecule has 3 aromatic rings. The lowest BCUT2D eigenvalue weighted by atomic mass is 9.67. The van der Waals surface area contributed by atoms with Crippen molar-refractivity contribution in [2.75, 3.05) is 29.5 Å². The number of hydrogen-bond donors (Lipinski definition) is 0. The monoisotopic (exact) mass is 436 g/mol. The van der Waals surface area contributed by atoms with E-state index in [1.165, 1.54) is 16.8 Å². The minimum atomic E-state index is -0.653. The number of amides is 1. The van der Waals surface area contributed by atoms with Crippen molar-refractivity contribution in [3.05, 3.63) is 96.1 Å². The minimum absolute atomic E-state index is 0.0508. The lowest BCUT2D eigenvalue weighted by Gasteiger charge is -2.53. The smallest absolute Gasteiger partial charge is 0.261 e. The Morgan fingerprint density at radius 2 is 1.61 bits per heavy atom. The highest BCUT2D eigenvalue weighted by Gasteiger charge is 2.59. The Morgan fingerprint density at radius 1 is 0.909 bits per heavy atom. The summed E-state index contributed by atoms with van der Waals surface area (Å²) in [5.41, 5.74) is 4.92. The topological polar surface area (TPSA) is 39.2 Å². The van der Waals surface area contributed by atoms with E-state index in [1.54, 1.807) is 5.01 Å². The summed E-state index contributed by atoms with van der Waals surface area (Å²) in [6.45, 7) is 5.66. The van der Waals surface area contributed by atoms with Gasteiger partial charge in [0.25, 0.3) is 5.91 Å². The highest BCUT2D eigenvalue weighted by atomic mass is 16.2. The Kier molecular flexibility index (Phi) is 4.80. The summed E-state index contributed by atoms with van der Waals surface area (Å²) in [6, 6.07) is 29.1. The number of nitrogens with zero attached hydrogens (tertiary/aromatic N) is 4. The molecule has 0 radical (unpaired) electrons. The van der Waals surface area contributed by atoms with Crippen molar-refractivity contribution in [1.82, 2.24) is 4.90 Å². The Bertz CT molecular complexity index is 1210. The third-order valence-electron chi connectivity index (χ3n) is 7.52. The van der Waals surface area contributed by atoms with Crippen molar-refractivity contribution < 1.29 is 4.79 Å². The molecule has 6 rings (SSSR count). The van der Waals surface area contributed by atoms with E-state index >= 15 is 0 Å². The predicted octanol–water partition coefficient (Wildman–Crippen LogP) is 4.34. The van der Waals surface area contributed by atoms with Gasteiger partial charge in [-0.3, -0.25) is 9.69 Å². The van der Waals surface area contributed by atoms with Crippen molar-refractivity contribution in [1.29, 1.82) is 0 Å². The number of piperazine rings is 1. The highest BCUT2D eigenvalue weighted by Crippen LogP contribution is 2.48. The highest BCUT2D eigenvalue weighted by molar-refractivity contribution is 6.20. The molecule has 0 unspecified atom stereocenters. The quantitative estimate of drug-likeness (QED) is 0.613. The second-order valence-electron chi connectivity index (χ2n) is 9.34. The van der Waals surface area contributed by atoms with Gasteiger partial charge in [-0.2, -0.15) is 10.1 Å². The minimum Gasteiger partial charge on any atom is -0.364 e. The lowest BCUT2D eigenvalue weighted by Crippen LogP contribution is -2.66. The van der Waals surface area contributed by atoms with E-state index < -0.39 is 5.41 Å². The molecule has 3 aliphatic heterocycles. The van der Waals surface area contributed by atoms with Gasteiger partial charge in [0.05, 0.1) is 17.4 Å². The van der Waals surface area contributed by atoms with Gasteiger partial charge in [-0.15, -0.1) is 0 Å². The number of carbonyl (C=O) groups is 1. The molecule has 1 saturated heterocycles. The van der Waals surface area contributed by atoms with Crippen LogP contribution in [0.15, 0.2) is 90.0 Å². The fraction of sp³-hybridized carbons (Fsp3) is 0.286. The largest absolute Gasteiger partial charge is 0.364 e. The maximum Gasteiger partial charge on any atom is 0.261 e. The SMILES string of the molecule is CC1=NN(c2ccccc2)C(=O)[C@]12Cc1ccccc1N1CCN(Cc3ccccc3)C[C@@H]12. The number of para-hydroxylation sites is 2. The molecule has 0 saturated carbocycles. The van der Waals surface area contributed by atoms with Crippen LogP contribution in [0.5, 0.6) is 0 Å². The van der Waals surface area contributed by atoms with Crippen LogP contribution in [0.25, 0.3) is 0 Å². The average molecular weight is 437 g/mol. The third-order valence-corrected chi connectivity index (χ3v) is 7.52. The summed E-state index contributed by atoms with van der Waals surface area (Å²) in [7, 11) is 0. The van der Waals surface area contributed by atoms with Crippen LogP contribution in [0.4, 0.5) is 11.4 Å². The van der Waals surface area contributed by atoms with Crippen LogP contribution >= 0.6 is 0 Å². The van der Waals surface area contributed by atoms with Gasteiger partial charge in [0.2, 0.25) is 0 Å². The molecule has 5 heteroatoms. The summed E-state index contributed by atoms with van der Waals surface area (Å²) >= 11 is 0. The molecule has 1 fully saturated rings. The van der Waals surface area contributed by atoms with E-state index in [0.717, 1.165) is 37.6 Å². The molecule has 1 spiro atoms. The van der Waals surface area contributed by atoms with Crippen molar-refractivity contribution in [3.8, 4) is 0 Å². The fourth-order valence-corrected chi connectivity index (χ4v) is 5.85. The maximum atomic E-state index is 14.2. The number of benzene rings is 3. The molecule has 166 valence electrons. The molecule has 3 aromatic carbocycles. The van der Waals surface area contributed by atoms with Gasteiger partial charge >= 0.3 is 0 Å². The van der Waals surface area contributed by atoms with Gasteiger partial charge in [0, 0.05) is 31.9 Å². The van der Waals surface area contributed by atoms with Gasteiger partial charge in [-0.25, -0.2) is 0 Å². The zero-order valence-electron chi connectivity index (χ0n) is 18.9. The van der Waals surface area contributed by atoms with Crippen LogP contribution < -0.4 is 9.91 Å². The average Bonchev–Trinajstić information content (AvgIpc) is 3.11. The van der Waals surface area contributed by atoms with E-state index in [1.807, 2.05) is 37.3 Å². The summed E-state index contributed by atoms with van der Waals surface area (Å²) < 4.78 is 0. The van der Waals surface area contributed by atoms with Crippen LogP contribution in [0.1, 0.15) is 18.1 Å². The molecule has 0 N–H and O–H groups in total. The van der Waals surface area contributed by atoms with Gasteiger partial charge in [0.1, 0.15) is 5.41 Å². The Hall–Kier alpha value is -3.44. The summed E-state index contributed by atoms with van der Waals surface area (Å²) in [5, 5.41) is 6.48. The van der Waals surface area contributed by atoms with Crippen molar-refractivity contribution >= 4 is 23.0 Å². The Balaban J connectivity index is 1.40. The second kappa shape index (κ2) is 7.85. The van der Waals surface area contributed by atoms with Gasteiger partial charge in [-0.1, -0.05) is 66.7 Å². The Morgan fingerprint density at radius 3 is 2.39 bits per heavy atom. The van der Waals surface area contributed by atoms with Crippen LogP contribution in [0, 0.1) is 5.41 Å². The van der Waals surface area contributed by atoms with E-state index in [4.69, 9.17) is 5.10 Å². The molecule has 0 bridgehead atoms. The van der Waals surface area contributed by atoms with Crippen LogP contribution in [0.3, 0.4) is 0 Å². The fourth-order valence-electron chi connectivity index (χ4n) is 5.85. The van der Waals surface area contributed by atoms with Gasteiger partial charge < -0.3 is 4.90 Å². The lowest BCUT2D eigenvalue weighted by molar-refractivity contribution is -0.125. The molecule has 3 aliphatic rings. The van der Waals surface area contributed by atoms with Gasteiger partial charge in [-0.05, 0) is 42.7 Å². The summed E-state index contributed by atoms with van der Waals surface area (Å²) in [6.07, 6.45) is 0.695. The first-order valence-corrected chi connectivity index (χ1v) is 11.7. The molecular weight excluding hydrogens is 408 g/mol. The standard InChI is InChI=1S/C28H28N4O/c1-21-28(27(33)32(29-21)24-13-6-3-7-14-24)18-23-12-8-9-15-25(23)31-17-16-30(20-26(28)31)19-22-10-4-2-5-11-22/h2-15,26H,16-20H2,1H3/t26-,28-/m1/s1. The zero-order chi connectivity index (χ0) is 22.4. The number of carbonyl (C=O) groups excluding carboxylic acids is 1. The number of rotatable bonds is 3. The molecule has 2 atom stereocenters. The maximum absolute atomic E-state index is 14.2.